The van der Waals surface area contributed by atoms with Crippen molar-refractivity contribution in [1.29, 1.82) is 0 Å². The molecular formula is C49H30N4O. The Bertz CT molecular complexity index is 3010. The summed E-state index contributed by atoms with van der Waals surface area (Å²) in [6.45, 7) is 0. The van der Waals surface area contributed by atoms with Gasteiger partial charge in [0.15, 0.2) is 17.5 Å². The van der Waals surface area contributed by atoms with E-state index in [9.17, 15) is 0 Å². The lowest BCUT2D eigenvalue weighted by atomic mass is 9.90. The van der Waals surface area contributed by atoms with Gasteiger partial charge in [0, 0.05) is 44.1 Å². The molecule has 0 fully saturated rings. The third-order valence-electron chi connectivity index (χ3n) is 10.4. The average molecular weight is 691 g/mol. The molecule has 0 aliphatic carbocycles. The maximum Gasteiger partial charge on any atom is 0.164 e. The minimum absolute atomic E-state index is 0.595. The topological polar surface area (TPSA) is 52.8 Å². The summed E-state index contributed by atoms with van der Waals surface area (Å²) < 4.78 is 9.09. The van der Waals surface area contributed by atoms with Gasteiger partial charge in [0.25, 0.3) is 0 Å². The van der Waals surface area contributed by atoms with Gasteiger partial charge in [-0.3, -0.25) is 0 Å². The summed E-state index contributed by atoms with van der Waals surface area (Å²) in [5, 5.41) is 4.73. The number of fused-ring (bicyclic) bond motifs is 5. The van der Waals surface area contributed by atoms with Crippen molar-refractivity contribution in [1.82, 2.24) is 19.5 Å². The molecule has 1 aliphatic rings. The molecule has 1 aliphatic heterocycles. The summed E-state index contributed by atoms with van der Waals surface area (Å²) in [6.07, 6.45) is 0. The highest BCUT2D eigenvalue weighted by molar-refractivity contribution is 6.13. The predicted octanol–water partition coefficient (Wildman–Crippen LogP) is 12.6. The van der Waals surface area contributed by atoms with Gasteiger partial charge in [-0.1, -0.05) is 133 Å². The molecule has 0 saturated carbocycles. The fourth-order valence-corrected chi connectivity index (χ4v) is 7.96. The second-order valence-electron chi connectivity index (χ2n) is 13.6. The van der Waals surface area contributed by atoms with E-state index >= 15 is 0 Å². The van der Waals surface area contributed by atoms with E-state index in [4.69, 9.17) is 19.7 Å². The monoisotopic (exact) mass is 690 g/mol. The molecule has 0 atom stereocenters. The highest BCUT2D eigenvalue weighted by Gasteiger charge is 2.24. The van der Waals surface area contributed by atoms with Gasteiger partial charge in [-0.05, 0) is 70.6 Å². The van der Waals surface area contributed by atoms with E-state index in [1.807, 2.05) is 60.7 Å². The fourth-order valence-electron chi connectivity index (χ4n) is 7.96. The molecular weight excluding hydrogens is 661 g/mol. The lowest BCUT2D eigenvalue weighted by molar-refractivity contribution is 0.487. The van der Waals surface area contributed by atoms with Crippen molar-refractivity contribution in [3.8, 4) is 73.6 Å². The smallest absolute Gasteiger partial charge is 0.164 e. The summed E-state index contributed by atoms with van der Waals surface area (Å²) >= 11 is 0. The number of nitrogens with zero attached hydrogens (tertiary/aromatic N) is 4. The molecule has 0 N–H and O–H groups in total. The van der Waals surface area contributed by atoms with Gasteiger partial charge < -0.3 is 9.30 Å². The van der Waals surface area contributed by atoms with Crippen LogP contribution in [-0.4, -0.2) is 19.5 Å². The Morgan fingerprint density at radius 2 is 0.944 bits per heavy atom. The third-order valence-corrected chi connectivity index (χ3v) is 10.4. The van der Waals surface area contributed by atoms with Crippen molar-refractivity contribution in [2.24, 2.45) is 0 Å². The lowest BCUT2D eigenvalue weighted by Gasteiger charge is -2.23. The molecule has 5 nitrogen and oxygen atoms in total. The first-order valence-electron chi connectivity index (χ1n) is 18.1. The fraction of sp³-hybridized carbons (Fsp3) is 0. The summed E-state index contributed by atoms with van der Waals surface area (Å²) in [7, 11) is 0. The first-order valence-corrected chi connectivity index (χ1v) is 18.1. The van der Waals surface area contributed by atoms with E-state index < -0.39 is 0 Å². The molecule has 8 aromatic carbocycles. The first kappa shape index (κ1) is 30.3. The number of hydrogen-bond donors (Lipinski definition) is 0. The SMILES string of the molecule is c1ccc(-c2nc(-c3ccccc3)nc(-c3ccc4c(c3)Oc3ccc(-c5ccc6c(c5)c5ccccc5n6-c5ccccc5)c5cccc-4c35)n2)cc1. The zero-order chi connectivity index (χ0) is 35.6. The summed E-state index contributed by atoms with van der Waals surface area (Å²) in [5.41, 5.74) is 10.8. The highest BCUT2D eigenvalue weighted by Crippen LogP contribution is 2.50. The van der Waals surface area contributed by atoms with Crippen molar-refractivity contribution in [3.05, 3.63) is 182 Å². The van der Waals surface area contributed by atoms with Gasteiger partial charge in [-0.2, -0.15) is 0 Å². The van der Waals surface area contributed by atoms with Gasteiger partial charge in [0.1, 0.15) is 11.5 Å². The quantitative estimate of drug-likeness (QED) is 0.180. The van der Waals surface area contributed by atoms with E-state index in [-0.39, 0.29) is 0 Å². The molecule has 0 saturated heterocycles. The molecule has 2 aromatic heterocycles. The number of rotatable bonds is 5. The van der Waals surface area contributed by atoms with Crippen LogP contribution in [0, 0.1) is 0 Å². The lowest BCUT2D eigenvalue weighted by Crippen LogP contribution is -2.01. The summed E-state index contributed by atoms with van der Waals surface area (Å²) in [5.74, 6) is 3.46. The highest BCUT2D eigenvalue weighted by atomic mass is 16.5. The maximum absolute atomic E-state index is 6.74. The molecule has 0 unspecified atom stereocenters. The normalized spacial score (nSPS) is 11.9. The van der Waals surface area contributed by atoms with Crippen LogP contribution < -0.4 is 4.74 Å². The Balaban J connectivity index is 1.03. The van der Waals surface area contributed by atoms with E-state index in [1.54, 1.807) is 0 Å². The van der Waals surface area contributed by atoms with Gasteiger partial charge in [0.2, 0.25) is 0 Å². The van der Waals surface area contributed by atoms with Crippen LogP contribution >= 0.6 is 0 Å². The average Bonchev–Trinajstić information content (AvgIpc) is 3.58. The van der Waals surface area contributed by atoms with E-state index in [0.717, 1.165) is 55.8 Å². The summed E-state index contributed by atoms with van der Waals surface area (Å²) in [4.78, 5) is 14.8. The molecule has 3 heterocycles. The van der Waals surface area contributed by atoms with Crippen LogP contribution in [0.1, 0.15) is 0 Å². The molecule has 252 valence electrons. The van der Waals surface area contributed by atoms with Crippen molar-refractivity contribution in [2.75, 3.05) is 0 Å². The molecule has 0 radical (unpaired) electrons. The van der Waals surface area contributed by atoms with Crippen LogP contribution in [0.3, 0.4) is 0 Å². The van der Waals surface area contributed by atoms with Crippen molar-refractivity contribution < 1.29 is 4.74 Å². The third kappa shape index (κ3) is 4.83. The number of hydrogen-bond acceptors (Lipinski definition) is 4. The molecule has 10 aromatic rings. The van der Waals surface area contributed by atoms with Crippen LogP contribution in [0.2, 0.25) is 0 Å². The number of ether oxygens (including phenoxy) is 1. The second-order valence-corrected chi connectivity index (χ2v) is 13.6. The largest absolute Gasteiger partial charge is 0.456 e. The predicted molar refractivity (Wildman–Crippen MR) is 219 cm³/mol. The van der Waals surface area contributed by atoms with Crippen molar-refractivity contribution in [3.63, 3.8) is 0 Å². The molecule has 11 rings (SSSR count). The van der Waals surface area contributed by atoms with Gasteiger partial charge in [0.05, 0.1) is 11.0 Å². The zero-order valence-electron chi connectivity index (χ0n) is 29.0. The van der Waals surface area contributed by atoms with Crippen LogP contribution in [0.15, 0.2) is 182 Å². The van der Waals surface area contributed by atoms with E-state index in [0.29, 0.717) is 17.5 Å². The van der Waals surface area contributed by atoms with Gasteiger partial charge in [-0.25, -0.2) is 15.0 Å². The minimum Gasteiger partial charge on any atom is -0.456 e. The van der Waals surface area contributed by atoms with Crippen LogP contribution in [0.4, 0.5) is 0 Å². The Labute approximate surface area is 311 Å². The molecule has 0 amide bonds. The van der Waals surface area contributed by atoms with Crippen LogP contribution in [0.25, 0.3) is 94.7 Å². The van der Waals surface area contributed by atoms with E-state index in [2.05, 4.69) is 126 Å². The minimum atomic E-state index is 0.595. The molecule has 0 bridgehead atoms. The van der Waals surface area contributed by atoms with Crippen LogP contribution in [-0.2, 0) is 0 Å². The van der Waals surface area contributed by atoms with E-state index in [1.165, 1.54) is 32.9 Å². The molecule has 54 heavy (non-hydrogen) atoms. The Kier molecular flexibility index (Phi) is 6.79. The number of aromatic nitrogens is 4. The standard InChI is InChI=1S/C49H30N4O/c1-4-13-31(14-5-1)47-50-48(32-15-6-2-7-16-32)52-49(51-47)34-23-25-38-40-21-12-20-39-36(26-28-44(46(39)40)54-45(38)30-34)33-24-27-43-41(29-33)37-19-10-11-22-42(37)53(43)35-17-8-3-9-18-35/h1-30H. The first-order chi connectivity index (χ1) is 26.8. The van der Waals surface area contributed by atoms with Gasteiger partial charge in [-0.15, -0.1) is 0 Å². The number of para-hydroxylation sites is 2. The Morgan fingerprint density at radius 1 is 0.352 bits per heavy atom. The second kappa shape index (κ2) is 12.1. The van der Waals surface area contributed by atoms with Crippen molar-refractivity contribution in [2.45, 2.75) is 0 Å². The van der Waals surface area contributed by atoms with Crippen molar-refractivity contribution >= 4 is 32.6 Å². The number of benzene rings is 8. The molecule has 5 heteroatoms. The zero-order valence-corrected chi connectivity index (χ0v) is 29.0. The Hall–Kier alpha value is -7.37. The maximum atomic E-state index is 6.74. The Morgan fingerprint density at radius 3 is 1.69 bits per heavy atom. The van der Waals surface area contributed by atoms with Crippen LogP contribution in [0.5, 0.6) is 11.5 Å². The summed E-state index contributed by atoms with van der Waals surface area (Å²) in [6, 6.07) is 63.3. The molecule has 0 spiro atoms. The van der Waals surface area contributed by atoms with Gasteiger partial charge >= 0.3 is 0 Å².